The van der Waals surface area contributed by atoms with Crippen LogP contribution in [-0.4, -0.2) is 52.4 Å². The first-order valence-electron chi connectivity index (χ1n) is 5.41. The fraction of sp³-hybridized carbons (Fsp3) is 0.417. The normalized spacial score (nSPS) is 10.3. The molecule has 5 nitrogen and oxygen atoms in total. The number of phenols is 1. The Bertz CT molecular complexity index is 386. The van der Waals surface area contributed by atoms with Crippen molar-refractivity contribution in [1.82, 2.24) is 4.90 Å². The molecule has 0 aliphatic carbocycles. The standard InChI is InChI=1S/C12H17NO4/c1-9-3-2-4-10(11(9)16)12(17)13(5-7-14)6-8-15/h2-4,14-16H,5-8H2,1H3. The SMILES string of the molecule is Cc1cccc(C(=O)N(CCO)CCO)c1O. The topological polar surface area (TPSA) is 81.0 Å². The van der Waals surface area contributed by atoms with Crippen molar-refractivity contribution in [2.75, 3.05) is 26.3 Å². The number of carbonyl (C=O) groups excluding carboxylic acids is 1. The van der Waals surface area contributed by atoms with E-state index in [2.05, 4.69) is 0 Å². The lowest BCUT2D eigenvalue weighted by molar-refractivity contribution is 0.0681. The lowest BCUT2D eigenvalue weighted by Crippen LogP contribution is -2.35. The summed E-state index contributed by atoms with van der Waals surface area (Å²) >= 11 is 0. The van der Waals surface area contributed by atoms with Gasteiger partial charge in [0, 0.05) is 13.1 Å². The van der Waals surface area contributed by atoms with Crippen molar-refractivity contribution in [2.45, 2.75) is 6.92 Å². The molecule has 5 heteroatoms. The smallest absolute Gasteiger partial charge is 0.257 e. The lowest BCUT2D eigenvalue weighted by atomic mass is 10.1. The predicted molar refractivity (Wildman–Crippen MR) is 62.9 cm³/mol. The van der Waals surface area contributed by atoms with Gasteiger partial charge in [-0.15, -0.1) is 0 Å². The van der Waals surface area contributed by atoms with Crippen LogP contribution in [0.2, 0.25) is 0 Å². The zero-order valence-corrected chi connectivity index (χ0v) is 9.76. The summed E-state index contributed by atoms with van der Waals surface area (Å²) in [7, 11) is 0. The number of aliphatic hydroxyl groups excluding tert-OH is 2. The highest BCUT2D eigenvalue weighted by Crippen LogP contribution is 2.22. The van der Waals surface area contributed by atoms with Crippen molar-refractivity contribution in [2.24, 2.45) is 0 Å². The van der Waals surface area contributed by atoms with Gasteiger partial charge in [-0.1, -0.05) is 12.1 Å². The molecule has 1 aromatic rings. The molecule has 1 rings (SSSR count). The number of aryl methyl sites for hydroxylation is 1. The van der Waals surface area contributed by atoms with Crippen molar-refractivity contribution in [3.63, 3.8) is 0 Å². The number of benzene rings is 1. The van der Waals surface area contributed by atoms with Crippen molar-refractivity contribution in [3.05, 3.63) is 29.3 Å². The summed E-state index contributed by atoms with van der Waals surface area (Å²) in [5, 5.41) is 27.5. The van der Waals surface area contributed by atoms with E-state index in [-0.39, 0.29) is 37.6 Å². The summed E-state index contributed by atoms with van der Waals surface area (Å²) in [5.41, 5.74) is 0.802. The molecule has 0 aromatic heterocycles. The van der Waals surface area contributed by atoms with Crippen LogP contribution >= 0.6 is 0 Å². The zero-order chi connectivity index (χ0) is 12.8. The molecular formula is C12H17NO4. The molecule has 0 saturated heterocycles. The van der Waals surface area contributed by atoms with Crippen LogP contribution < -0.4 is 0 Å². The largest absolute Gasteiger partial charge is 0.507 e. The number of rotatable bonds is 5. The molecule has 0 fully saturated rings. The predicted octanol–water partition coefficient (Wildman–Crippen LogP) is 0.127. The van der Waals surface area contributed by atoms with Gasteiger partial charge in [-0.25, -0.2) is 0 Å². The molecule has 0 saturated carbocycles. The Labute approximate surface area is 99.9 Å². The molecule has 94 valence electrons. The zero-order valence-electron chi connectivity index (χ0n) is 9.76. The number of para-hydroxylation sites is 1. The number of amides is 1. The van der Waals surface area contributed by atoms with E-state index in [0.29, 0.717) is 5.56 Å². The molecular weight excluding hydrogens is 222 g/mol. The van der Waals surface area contributed by atoms with E-state index in [9.17, 15) is 9.90 Å². The summed E-state index contributed by atoms with van der Waals surface area (Å²) in [6.45, 7) is 1.60. The van der Waals surface area contributed by atoms with Gasteiger partial charge in [0.1, 0.15) is 5.75 Å². The fourth-order valence-corrected chi connectivity index (χ4v) is 1.56. The maximum Gasteiger partial charge on any atom is 0.257 e. The van der Waals surface area contributed by atoms with Gasteiger partial charge in [-0.05, 0) is 18.6 Å². The van der Waals surface area contributed by atoms with Crippen LogP contribution in [0, 0.1) is 6.92 Å². The summed E-state index contributed by atoms with van der Waals surface area (Å²) in [6.07, 6.45) is 0. The molecule has 0 unspecified atom stereocenters. The van der Waals surface area contributed by atoms with E-state index in [4.69, 9.17) is 10.2 Å². The van der Waals surface area contributed by atoms with Crippen molar-refractivity contribution >= 4 is 5.91 Å². The van der Waals surface area contributed by atoms with Crippen LogP contribution in [0.3, 0.4) is 0 Å². The minimum absolute atomic E-state index is 0.0571. The van der Waals surface area contributed by atoms with Gasteiger partial charge < -0.3 is 20.2 Å². The Balaban J connectivity index is 2.96. The molecule has 0 spiro atoms. The van der Waals surface area contributed by atoms with Crippen LogP contribution in [-0.2, 0) is 0 Å². The number of hydrogen-bond acceptors (Lipinski definition) is 4. The third-order valence-corrected chi connectivity index (χ3v) is 2.50. The molecule has 0 heterocycles. The summed E-state index contributed by atoms with van der Waals surface area (Å²) in [4.78, 5) is 13.3. The summed E-state index contributed by atoms with van der Waals surface area (Å²) in [6, 6.07) is 4.90. The van der Waals surface area contributed by atoms with Gasteiger partial charge in [0.2, 0.25) is 0 Å². The van der Waals surface area contributed by atoms with Gasteiger partial charge >= 0.3 is 0 Å². The first-order chi connectivity index (χ1) is 8.11. The van der Waals surface area contributed by atoms with Gasteiger partial charge in [-0.3, -0.25) is 4.79 Å². The fourth-order valence-electron chi connectivity index (χ4n) is 1.56. The number of aliphatic hydroxyl groups is 2. The number of hydrogen-bond donors (Lipinski definition) is 3. The number of carbonyl (C=O) groups is 1. The van der Waals surface area contributed by atoms with Crippen LogP contribution in [0.5, 0.6) is 5.75 Å². The Morgan fingerprint density at radius 2 is 1.82 bits per heavy atom. The highest BCUT2D eigenvalue weighted by Gasteiger charge is 2.18. The van der Waals surface area contributed by atoms with Crippen LogP contribution in [0.15, 0.2) is 18.2 Å². The second kappa shape index (κ2) is 6.22. The van der Waals surface area contributed by atoms with Crippen LogP contribution in [0.1, 0.15) is 15.9 Å². The van der Waals surface area contributed by atoms with Gasteiger partial charge in [0.15, 0.2) is 0 Å². The molecule has 0 bridgehead atoms. The van der Waals surface area contributed by atoms with Gasteiger partial charge in [0.25, 0.3) is 5.91 Å². The molecule has 17 heavy (non-hydrogen) atoms. The Morgan fingerprint density at radius 1 is 1.24 bits per heavy atom. The average Bonchev–Trinajstić information content (AvgIpc) is 2.31. The molecule has 0 radical (unpaired) electrons. The molecule has 0 aliphatic rings. The lowest BCUT2D eigenvalue weighted by Gasteiger charge is -2.21. The van der Waals surface area contributed by atoms with Crippen molar-refractivity contribution < 1.29 is 20.1 Å². The summed E-state index contributed by atoms with van der Waals surface area (Å²) in [5.74, 6) is -0.451. The second-order valence-corrected chi connectivity index (χ2v) is 3.71. The van der Waals surface area contributed by atoms with E-state index >= 15 is 0 Å². The van der Waals surface area contributed by atoms with E-state index in [1.54, 1.807) is 19.1 Å². The molecule has 0 aliphatic heterocycles. The maximum absolute atomic E-state index is 12.0. The quantitative estimate of drug-likeness (QED) is 0.682. The molecule has 0 atom stereocenters. The first kappa shape index (κ1) is 13.5. The summed E-state index contributed by atoms with van der Waals surface area (Å²) < 4.78 is 0. The number of nitrogens with zero attached hydrogens (tertiary/aromatic N) is 1. The Kier molecular flexibility index (Phi) is 4.93. The van der Waals surface area contributed by atoms with E-state index in [0.717, 1.165) is 0 Å². The third kappa shape index (κ3) is 3.18. The molecule has 1 amide bonds. The van der Waals surface area contributed by atoms with Crippen molar-refractivity contribution in [1.29, 1.82) is 0 Å². The molecule has 3 N–H and O–H groups in total. The second-order valence-electron chi connectivity index (χ2n) is 3.71. The third-order valence-electron chi connectivity index (χ3n) is 2.50. The van der Waals surface area contributed by atoms with E-state index < -0.39 is 5.91 Å². The van der Waals surface area contributed by atoms with Gasteiger partial charge in [0.05, 0.1) is 18.8 Å². The molecule has 1 aromatic carbocycles. The number of aromatic hydroxyl groups is 1. The van der Waals surface area contributed by atoms with Crippen LogP contribution in [0.25, 0.3) is 0 Å². The monoisotopic (exact) mass is 239 g/mol. The maximum atomic E-state index is 12.0. The van der Waals surface area contributed by atoms with Crippen molar-refractivity contribution in [3.8, 4) is 5.75 Å². The minimum atomic E-state index is -0.394. The van der Waals surface area contributed by atoms with Crippen LogP contribution in [0.4, 0.5) is 0 Å². The number of phenolic OH excluding ortho intramolecular Hbond substituents is 1. The van der Waals surface area contributed by atoms with E-state index in [1.807, 2.05) is 0 Å². The van der Waals surface area contributed by atoms with Gasteiger partial charge in [-0.2, -0.15) is 0 Å². The highest BCUT2D eigenvalue weighted by atomic mass is 16.3. The first-order valence-corrected chi connectivity index (χ1v) is 5.41. The highest BCUT2D eigenvalue weighted by molar-refractivity contribution is 5.97. The Morgan fingerprint density at radius 3 is 2.35 bits per heavy atom. The Hall–Kier alpha value is -1.59. The van der Waals surface area contributed by atoms with E-state index in [1.165, 1.54) is 11.0 Å². The average molecular weight is 239 g/mol. The minimum Gasteiger partial charge on any atom is -0.507 e.